The predicted molar refractivity (Wildman–Crippen MR) is 44.4 cm³/mol. The highest BCUT2D eigenvalue weighted by Crippen LogP contribution is 2.30. The molecule has 1 aromatic carbocycles. The van der Waals surface area contributed by atoms with Crippen LogP contribution in [-0.4, -0.2) is 6.21 Å². The van der Waals surface area contributed by atoms with Gasteiger partial charge in [-0.1, -0.05) is 18.7 Å². The molecule has 0 aromatic heterocycles. The smallest absolute Gasteiger partial charge is 0.153 e. The number of fused-ring (bicyclic) bond motifs is 1. The topological polar surface area (TPSA) is 21.6 Å². The molecule has 2 rings (SSSR count). The van der Waals surface area contributed by atoms with Crippen molar-refractivity contribution in [1.82, 2.24) is 0 Å². The van der Waals surface area contributed by atoms with E-state index in [1.54, 1.807) is 6.21 Å². The zero-order chi connectivity index (χ0) is 7.68. The van der Waals surface area contributed by atoms with Gasteiger partial charge in [0.2, 0.25) is 0 Å². The molecule has 0 amide bonds. The Morgan fingerprint density at radius 1 is 1.27 bits per heavy atom. The molecule has 54 valence electrons. The maximum absolute atomic E-state index is 5.29. The second kappa shape index (κ2) is 2.23. The summed E-state index contributed by atoms with van der Waals surface area (Å²) in [6, 6.07) is 7.61. The molecule has 0 saturated carbocycles. The Hall–Kier alpha value is -1.57. The molecule has 1 heterocycles. The molecule has 0 aliphatic carbocycles. The number of hydrogen-bond acceptors (Lipinski definition) is 2. The maximum Gasteiger partial charge on any atom is 0.153 e. The summed E-state index contributed by atoms with van der Waals surface area (Å²) in [6.45, 7) is 3.64. The molecule has 0 saturated heterocycles. The summed E-state index contributed by atoms with van der Waals surface area (Å²) in [7, 11) is 0. The van der Waals surface area contributed by atoms with Crippen molar-refractivity contribution in [3.63, 3.8) is 0 Å². The third-order valence-corrected chi connectivity index (χ3v) is 1.45. The lowest BCUT2D eigenvalue weighted by Gasteiger charge is -2.11. The first-order valence-electron chi connectivity index (χ1n) is 3.36. The van der Waals surface area contributed by atoms with Gasteiger partial charge in [-0.3, -0.25) is 0 Å². The maximum atomic E-state index is 5.29. The number of para-hydroxylation sites is 2. The van der Waals surface area contributed by atoms with E-state index in [0.717, 1.165) is 11.4 Å². The van der Waals surface area contributed by atoms with Crippen LogP contribution in [0.4, 0.5) is 5.69 Å². The Morgan fingerprint density at radius 3 is 3.00 bits per heavy atom. The average Bonchev–Trinajstić information content (AvgIpc) is 2.04. The SMILES string of the molecule is C=C1C=Nc2ccccc2O1. The van der Waals surface area contributed by atoms with Gasteiger partial charge in [0.15, 0.2) is 5.75 Å². The number of aliphatic imine (C=N–C) groups is 1. The van der Waals surface area contributed by atoms with Crippen LogP contribution >= 0.6 is 0 Å². The molecule has 0 bridgehead atoms. The van der Waals surface area contributed by atoms with E-state index >= 15 is 0 Å². The van der Waals surface area contributed by atoms with Gasteiger partial charge in [0.05, 0.1) is 6.21 Å². The van der Waals surface area contributed by atoms with Crippen molar-refractivity contribution in [1.29, 1.82) is 0 Å². The summed E-state index contributed by atoms with van der Waals surface area (Å²) in [6.07, 6.45) is 1.61. The van der Waals surface area contributed by atoms with Gasteiger partial charge < -0.3 is 4.74 Å². The molecule has 0 N–H and O–H groups in total. The number of hydrogen-bond donors (Lipinski definition) is 0. The molecule has 2 nitrogen and oxygen atoms in total. The first kappa shape index (κ1) is 6.16. The van der Waals surface area contributed by atoms with Gasteiger partial charge in [0.1, 0.15) is 11.4 Å². The van der Waals surface area contributed by atoms with E-state index in [-0.39, 0.29) is 0 Å². The lowest BCUT2D eigenvalue weighted by atomic mass is 10.3. The summed E-state index contributed by atoms with van der Waals surface area (Å²) >= 11 is 0. The summed E-state index contributed by atoms with van der Waals surface area (Å²) in [4.78, 5) is 4.12. The molecule has 1 aliphatic heterocycles. The zero-order valence-corrected chi connectivity index (χ0v) is 5.95. The summed E-state index contributed by atoms with van der Waals surface area (Å²) in [5, 5.41) is 0. The third kappa shape index (κ3) is 1.03. The van der Waals surface area contributed by atoms with Gasteiger partial charge in [-0.2, -0.15) is 0 Å². The van der Waals surface area contributed by atoms with Crippen LogP contribution in [0.15, 0.2) is 41.6 Å². The molecule has 1 aromatic rings. The van der Waals surface area contributed by atoms with Crippen LogP contribution < -0.4 is 4.74 Å². The van der Waals surface area contributed by atoms with Crippen molar-refractivity contribution in [3.05, 3.63) is 36.6 Å². The fraction of sp³-hybridized carbons (Fsp3) is 0. The quantitative estimate of drug-likeness (QED) is 0.548. The molecule has 0 fully saturated rings. The predicted octanol–water partition coefficient (Wildman–Crippen LogP) is 2.29. The molecule has 2 heteroatoms. The van der Waals surface area contributed by atoms with Crippen molar-refractivity contribution in [2.75, 3.05) is 0 Å². The third-order valence-electron chi connectivity index (χ3n) is 1.45. The van der Waals surface area contributed by atoms with Gasteiger partial charge >= 0.3 is 0 Å². The second-order valence-electron chi connectivity index (χ2n) is 2.29. The van der Waals surface area contributed by atoms with Crippen molar-refractivity contribution < 1.29 is 4.74 Å². The molecular formula is C9H7NO. The van der Waals surface area contributed by atoms with Gasteiger partial charge in [-0.25, -0.2) is 4.99 Å². The van der Waals surface area contributed by atoms with Crippen molar-refractivity contribution >= 4 is 11.9 Å². The first-order valence-corrected chi connectivity index (χ1v) is 3.36. The second-order valence-corrected chi connectivity index (χ2v) is 2.29. The number of allylic oxidation sites excluding steroid dienone is 1. The first-order chi connectivity index (χ1) is 5.36. The Morgan fingerprint density at radius 2 is 2.09 bits per heavy atom. The summed E-state index contributed by atoms with van der Waals surface area (Å²) in [5.41, 5.74) is 0.861. The Balaban J connectivity index is 2.54. The van der Waals surface area contributed by atoms with Gasteiger partial charge in [0, 0.05) is 0 Å². The molecular weight excluding hydrogens is 138 g/mol. The Kier molecular flexibility index (Phi) is 1.25. The Labute approximate surface area is 64.8 Å². The fourth-order valence-corrected chi connectivity index (χ4v) is 0.959. The summed E-state index contributed by atoms with van der Waals surface area (Å²) < 4.78 is 5.29. The molecule has 0 atom stereocenters. The van der Waals surface area contributed by atoms with Crippen LogP contribution in [0.1, 0.15) is 0 Å². The fourth-order valence-electron chi connectivity index (χ4n) is 0.959. The van der Waals surface area contributed by atoms with Gasteiger partial charge in [-0.05, 0) is 12.1 Å². The molecule has 11 heavy (non-hydrogen) atoms. The minimum atomic E-state index is 0.587. The number of ether oxygens (including phenoxy) is 1. The lowest BCUT2D eigenvalue weighted by molar-refractivity contribution is 0.456. The van der Waals surface area contributed by atoms with Gasteiger partial charge in [0.25, 0.3) is 0 Å². The number of rotatable bonds is 0. The summed E-state index contributed by atoms with van der Waals surface area (Å²) in [5.74, 6) is 1.36. The minimum absolute atomic E-state index is 0.587. The standard InChI is InChI=1S/C9H7NO/c1-7-6-10-8-4-2-3-5-9(8)11-7/h2-6H,1H2. The number of nitrogens with zero attached hydrogens (tertiary/aromatic N) is 1. The molecule has 0 radical (unpaired) electrons. The van der Waals surface area contributed by atoms with E-state index in [9.17, 15) is 0 Å². The van der Waals surface area contributed by atoms with Gasteiger partial charge in [-0.15, -0.1) is 0 Å². The van der Waals surface area contributed by atoms with Crippen LogP contribution in [0.5, 0.6) is 5.75 Å². The van der Waals surface area contributed by atoms with Crippen LogP contribution in [0, 0.1) is 0 Å². The molecule has 0 spiro atoms. The Bertz CT molecular complexity index is 328. The van der Waals surface area contributed by atoms with E-state index in [4.69, 9.17) is 4.74 Å². The van der Waals surface area contributed by atoms with Crippen molar-refractivity contribution in [2.24, 2.45) is 4.99 Å². The van der Waals surface area contributed by atoms with Crippen LogP contribution in [0.25, 0.3) is 0 Å². The lowest BCUT2D eigenvalue weighted by Crippen LogP contribution is -1.98. The van der Waals surface area contributed by atoms with E-state index in [2.05, 4.69) is 11.6 Å². The highest BCUT2D eigenvalue weighted by Gasteiger charge is 2.06. The highest BCUT2D eigenvalue weighted by atomic mass is 16.5. The van der Waals surface area contributed by atoms with Crippen LogP contribution in [-0.2, 0) is 0 Å². The van der Waals surface area contributed by atoms with Crippen molar-refractivity contribution in [2.45, 2.75) is 0 Å². The normalized spacial score (nSPS) is 14.0. The average molecular weight is 145 g/mol. The van der Waals surface area contributed by atoms with E-state index in [0.29, 0.717) is 5.76 Å². The zero-order valence-electron chi connectivity index (χ0n) is 5.95. The number of benzene rings is 1. The highest BCUT2D eigenvalue weighted by molar-refractivity contribution is 5.82. The monoisotopic (exact) mass is 145 g/mol. The van der Waals surface area contributed by atoms with E-state index < -0.39 is 0 Å². The largest absolute Gasteiger partial charge is 0.454 e. The molecule has 1 aliphatic rings. The minimum Gasteiger partial charge on any atom is -0.454 e. The van der Waals surface area contributed by atoms with E-state index in [1.807, 2.05) is 24.3 Å². The van der Waals surface area contributed by atoms with Crippen molar-refractivity contribution in [3.8, 4) is 5.75 Å². The van der Waals surface area contributed by atoms with E-state index in [1.165, 1.54) is 0 Å². The van der Waals surface area contributed by atoms with Crippen LogP contribution in [0.3, 0.4) is 0 Å². The van der Waals surface area contributed by atoms with Crippen LogP contribution in [0.2, 0.25) is 0 Å². The molecule has 0 unspecified atom stereocenters.